The Hall–Kier alpha value is -3.65. The summed E-state index contributed by atoms with van der Waals surface area (Å²) in [7, 11) is 0. The molecule has 1 aromatic heterocycles. The van der Waals surface area contributed by atoms with Gasteiger partial charge < -0.3 is 25.6 Å². The molecule has 0 unspecified atom stereocenters. The lowest BCUT2D eigenvalue weighted by atomic mass is 9.79. The van der Waals surface area contributed by atoms with E-state index in [2.05, 4.69) is 15.6 Å². The first-order chi connectivity index (χ1) is 17.2. The number of carbonyl (C=O) groups excluding carboxylic acids is 3. The van der Waals surface area contributed by atoms with Crippen molar-refractivity contribution in [2.45, 2.75) is 51.1 Å². The van der Waals surface area contributed by atoms with E-state index in [0.717, 1.165) is 27.7 Å². The number of carbonyl (C=O) groups is 3. The van der Waals surface area contributed by atoms with E-state index in [4.69, 9.17) is 0 Å². The van der Waals surface area contributed by atoms with Gasteiger partial charge >= 0.3 is 0 Å². The highest BCUT2D eigenvalue weighted by Gasteiger charge is 2.56. The Kier molecular flexibility index (Phi) is 6.08. The molecule has 2 aliphatic rings. The van der Waals surface area contributed by atoms with E-state index in [9.17, 15) is 19.5 Å². The van der Waals surface area contributed by atoms with Gasteiger partial charge in [-0.2, -0.15) is 0 Å². The van der Waals surface area contributed by atoms with Gasteiger partial charge in [0.25, 0.3) is 5.91 Å². The minimum atomic E-state index is -0.902. The van der Waals surface area contributed by atoms with Crippen LogP contribution in [0.3, 0.4) is 0 Å². The van der Waals surface area contributed by atoms with Crippen molar-refractivity contribution in [1.82, 2.24) is 15.2 Å². The van der Waals surface area contributed by atoms with E-state index in [0.29, 0.717) is 18.5 Å². The number of likely N-dealkylation sites (tertiary alicyclic amines) is 1. The first-order valence-corrected chi connectivity index (χ1v) is 12.4. The molecule has 0 saturated carbocycles. The lowest BCUT2D eigenvalue weighted by Gasteiger charge is -2.29. The first kappa shape index (κ1) is 24.1. The molecule has 1 fully saturated rings. The number of anilines is 1. The highest BCUT2D eigenvalue weighted by atomic mass is 16.3. The molecular formula is C28H32N4O4. The summed E-state index contributed by atoms with van der Waals surface area (Å²) in [5.41, 5.74) is 3.00. The molecule has 0 radical (unpaired) electrons. The quantitative estimate of drug-likeness (QED) is 0.427. The number of aliphatic hydroxyl groups excluding tert-OH is 1. The molecule has 1 saturated heterocycles. The molecule has 3 atom stereocenters. The van der Waals surface area contributed by atoms with Crippen molar-refractivity contribution in [2.24, 2.45) is 5.92 Å². The molecule has 3 heterocycles. The van der Waals surface area contributed by atoms with Crippen molar-refractivity contribution in [3.05, 3.63) is 65.4 Å². The van der Waals surface area contributed by atoms with Crippen molar-refractivity contribution in [3.8, 4) is 0 Å². The third-order valence-electron chi connectivity index (χ3n) is 7.52. The van der Waals surface area contributed by atoms with Gasteiger partial charge in [-0.25, -0.2) is 0 Å². The van der Waals surface area contributed by atoms with Crippen molar-refractivity contribution in [2.75, 3.05) is 18.5 Å². The molecule has 4 N–H and O–H groups in total. The molecule has 8 nitrogen and oxygen atoms in total. The van der Waals surface area contributed by atoms with Gasteiger partial charge in [-0.15, -0.1) is 0 Å². The number of nitrogens with zero attached hydrogens (tertiary/aromatic N) is 1. The molecule has 5 rings (SSSR count). The van der Waals surface area contributed by atoms with Crippen LogP contribution in [0.2, 0.25) is 0 Å². The number of aromatic nitrogens is 1. The normalized spacial score (nSPS) is 21.8. The number of hydrogen-bond acceptors (Lipinski definition) is 4. The van der Waals surface area contributed by atoms with Gasteiger partial charge in [-0.1, -0.05) is 44.2 Å². The van der Waals surface area contributed by atoms with Gasteiger partial charge in [0.15, 0.2) is 0 Å². The molecule has 188 valence electrons. The van der Waals surface area contributed by atoms with Crippen LogP contribution in [0.4, 0.5) is 5.69 Å². The van der Waals surface area contributed by atoms with Crippen LogP contribution in [0, 0.1) is 12.8 Å². The molecule has 36 heavy (non-hydrogen) atoms. The lowest BCUT2D eigenvalue weighted by molar-refractivity contribution is -0.135. The fraction of sp³-hybridized carbons (Fsp3) is 0.393. The maximum atomic E-state index is 13.9. The third-order valence-corrected chi connectivity index (χ3v) is 7.52. The number of H-pyrrole nitrogens is 1. The number of benzene rings is 2. The highest BCUT2D eigenvalue weighted by Crippen LogP contribution is 2.46. The fourth-order valence-electron chi connectivity index (χ4n) is 5.71. The summed E-state index contributed by atoms with van der Waals surface area (Å²) in [6.07, 6.45) is 0.774. The van der Waals surface area contributed by atoms with Gasteiger partial charge in [0.1, 0.15) is 11.7 Å². The van der Waals surface area contributed by atoms with Gasteiger partial charge in [0.05, 0.1) is 18.1 Å². The maximum absolute atomic E-state index is 13.9. The number of amides is 3. The molecule has 1 spiro atoms. The molecule has 8 heteroatoms. The van der Waals surface area contributed by atoms with E-state index in [1.807, 2.05) is 63.2 Å². The zero-order chi connectivity index (χ0) is 25.6. The number of nitrogens with one attached hydrogen (secondary N) is 3. The number of aliphatic hydroxyl groups is 1. The maximum Gasteiger partial charge on any atom is 0.268 e. The Bertz CT molecular complexity index is 1350. The second-order valence-electron chi connectivity index (χ2n) is 10.5. The zero-order valence-electron chi connectivity index (χ0n) is 20.8. The fourth-order valence-corrected chi connectivity index (χ4v) is 5.71. The Morgan fingerprint density at radius 1 is 1.19 bits per heavy atom. The summed E-state index contributed by atoms with van der Waals surface area (Å²) in [6.45, 7) is 5.88. The third kappa shape index (κ3) is 3.95. The molecular weight excluding hydrogens is 456 g/mol. The predicted molar refractivity (Wildman–Crippen MR) is 138 cm³/mol. The number of rotatable bonds is 6. The minimum absolute atomic E-state index is 0.142. The van der Waals surface area contributed by atoms with Crippen molar-refractivity contribution in [1.29, 1.82) is 0 Å². The van der Waals surface area contributed by atoms with Crippen LogP contribution in [-0.4, -0.2) is 57.9 Å². The Morgan fingerprint density at radius 3 is 2.69 bits per heavy atom. The average molecular weight is 489 g/mol. The van der Waals surface area contributed by atoms with Crippen molar-refractivity contribution >= 4 is 34.3 Å². The van der Waals surface area contributed by atoms with Gasteiger partial charge in [0, 0.05) is 23.1 Å². The SMILES string of the molecule is Cc1cccc2[nH]c(C(=O)N[C@@H](CC(C)C)C(=O)N3C[C@]4(C[C@H]3CO)C(=O)Nc3ccccc34)cc12. The van der Waals surface area contributed by atoms with E-state index < -0.39 is 17.5 Å². The zero-order valence-corrected chi connectivity index (χ0v) is 20.8. The van der Waals surface area contributed by atoms with Gasteiger partial charge in [-0.3, -0.25) is 14.4 Å². The summed E-state index contributed by atoms with van der Waals surface area (Å²) in [4.78, 5) is 44.9. The lowest BCUT2D eigenvalue weighted by Crippen LogP contribution is -2.52. The van der Waals surface area contributed by atoms with Crippen LogP contribution in [0.25, 0.3) is 10.9 Å². The Morgan fingerprint density at radius 2 is 1.97 bits per heavy atom. The van der Waals surface area contributed by atoms with E-state index >= 15 is 0 Å². The number of aromatic amines is 1. The number of aryl methyl sites for hydroxylation is 1. The van der Waals surface area contributed by atoms with Gasteiger partial charge in [0.2, 0.25) is 11.8 Å². The number of para-hydroxylation sites is 1. The van der Waals surface area contributed by atoms with Crippen molar-refractivity contribution < 1.29 is 19.5 Å². The molecule has 0 aliphatic carbocycles. The second kappa shape index (κ2) is 9.09. The summed E-state index contributed by atoms with van der Waals surface area (Å²) in [5.74, 6) is -0.653. The molecule has 3 aromatic rings. The van der Waals surface area contributed by atoms with Crippen LogP contribution in [-0.2, 0) is 15.0 Å². The van der Waals surface area contributed by atoms with E-state index in [-0.39, 0.29) is 36.8 Å². The van der Waals surface area contributed by atoms with Crippen LogP contribution >= 0.6 is 0 Å². The van der Waals surface area contributed by atoms with E-state index in [1.54, 1.807) is 11.0 Å². The standard InChI is InChI=1S/C28H32N4O4/c1-16(2)11-24(30-25(34)23-12-19-17(3)7-6-10-21(19)29-23)26(35)32-15-28(13-18(32)14-33)20-8-4-5-9-22(20)31-27(28)36/h4-10,12,16,18,24,29,33H,11,13-15H2,1-3H3,(H,30,34)(H,31,36)/t18-,24-,28-/m0/s1. The molecule has 2 aromatic carbocycles. The monoisotopic (exact) mass is 488 g/mol. The molecule has 2 aliphatic heterocycles. The Balaban J connectivity index is 1.42. The van der Waals surface area contributed by atoms with Crippen LogP contribution < -0.4 is 10.6 Å². The minimum Gasteiger partial charge on any atom is -0.394 e. The predicted octanol–water partition coefficient (Wildman–Crippen LogP) is 3.10. The van der Waals surface area contributed by atoms with E-state index in [1.165, 1.54) is 0 Å². The van der Waals surface area contributed by atoms with Crippen LogP contribution in [0.1, 0.15) is 48.3 Å². The van der Waals surface area contributed by atoms with Crippen LogP contribution in [0.5, 0.6) is 0 Å². The highest BCUT2D eigenvalue weighted by molar-refractivity contribution is 6.07. The molecule has 0 bridgehead atoms. The van der Waals surface area contributed by atoms with Gasteiger partial charge in [-0.05, 0) is 55.0 Å². The average Bonchev–Trinajstić information content (AvgIpc) is 3.53. The topological polar surface area (TPSA) is 115 Å². The van der Waals surface area contributed by atoms with Crippen molar-refractivity contribution in [3.63, 3.8) is 0 Å². The second-order valence-corrected chi connectivity index (χ2v) is 10.5. The molecule has 3 amide bonds. The van der Waals surface area contributed by atoms with Crippen LogP contribution in [0.15, 0.2) is 48.5 Å². The first-order valence-electron chi connectivity index (χ1n) is 12.4. The summed E-state index contributed by atoms with van der Waals surface area (Å²) in [5, 5.41) is 17.0. The Labute approximate surface area is 210 Å². The summed E-state index contributed by atoms with van der Waals surface area (Å²) in [6, 6.07) is 13.8. The smallest absolute Gasteiger partial charge is 0.268 e. The number of hydrogen-bond donors (Lipinski definition) is 4. The number of fused-ring (bicyclic) bond motifs is 3. The summed E-state index contributed by atoms with van der Waals surface area (Å²) >= 11 is 0. The summed E-state index contributed by atoms with van der Waals surface area (Å²) < 4.78 is 0. The largest absolute Gasteiger partial charge is 0.394 e.